The zero-order valence-electron chi connectivity index (χ0n) is 16.9. The van der Waals surface area contributed by atoms with Crippen molar-refractivity contribution >= 4 is 17.5 Å². The molecule has 0 aliphatic carbocycles. The largest absolute Gasteiger partial charge is 0.497 e. The molecule has 2 aromatic carbocycles. The third kappa shape index (κ3) is 4.80. The van der Waals surface area contributed by atoms with Crippen molar-refractivity contribution in [2.24, 2.45) is 0 Å². The van der Waals surface area contributed by atoms with E-state index in [1.165, 1.54) is 0 Å². The average molecular weight is 398 g/mol. The zero-order valence-corrected chi connectivity index (χ0v) is 16.9. The van der Waals surface area contributed by atoms with Crippen LogP contribution in [0.1, 0.15) is 30.6 Å². The van der Waals surface area contributed by atoms with Crippen LogP contribution in [0.2, 0.25) is 0 Å². The molecule has 1 atom stereocenters. The van der Waals surface area contributed by atoms with Crippen LogP contribution in [0.25, 0.3) is 0 Å². The van der Waals surface area contributed by atoms with Crippen LogP contribution >= 0.6 is 0 Å². The van der Waals surface area contributed by atoms with Gasteiger partial charge in [0.2, 0.25) is 5.91 Å². The van der Waals surface area contributed by atoms with Crippen LogP contribution in [0.4, 0.5) is 5.69 Å². The van der Waals surface area contributed by atoms with Gasteiger partial charge in [-0.25, -0.2) is 0 Å². The molecule has 1 heterocycles. The van der Waals surface area contributed by atoms with E-state index >= 15 is 0 Å². The lowest BCUT2D eigenvalue weighted by molar-refractivity contribution is -0.117. The maximum Gasteiger partial charge on any atom is 0.251 e. The van der Waals surface area contributed by atoms with Gasteiger partial charge in [0, 0.05) is 24.2 Å². The average Bonchev–Trinajstić information content (AvgIpc) is 3.09. The third-order valence-corrected chi connectivity index (χ3v) is 4.65. The lowest BCUT2D eigenvalue weighted by Crippen LogP contribution is -2.37. The number of methoxy groups -OCH3 is 1. The highest BCUT2D eigenvalue weighted by molar-refractivity contribution is 5.99. The molecule has 1 fully saturated rings. The van der Waals surface area contributed by atoms with Crippen LogP contribution in [0.3, 0.4) is 0 Å². The Hall–Kier alpha value is -3.22. The van der Waals surface area contributed by atoms with Gasteiger partial charge in [0.1, 0.15) is 5.75 Å². The maximum absolute atomic E-state index is 12.7. The summed E-state index contributed by atoms with van der Waals surface area (Å²) < 4.78 is 16.3. The Morgan fingerprint density at radius 3 is 2.41 bits per heavy atom. The van der Waals surface area contributed by atoms with E-state index in [2.05, 4.69) is 5.32 Å². The number of rotatable bonds is 8. The molecule has 1 saturated heterocycles. The van der Waals surface area contributed by atoms with Gasteiger partial charge in [-0.3, -0.25) is 9.59 Å². The first-order valence-corrected chi connectivity index (χ1v) is 9.70. The summed E-state index contributed by atoms with van der Waals surface area (Å²) in [4.78, 5) is 26.8. The molecule has 154 valence electrons. The fourth-order valence-electron chi connectivity index (χ4n) is 3.28. The van der Waals surface area contributed by atoms with Crippen molar-refractivity contribution in [1.29, 1.82) is 0 Å². The van der Waals surface area contributed by atoms with E-state index in [0.717, 1.165) is 11.4 Å². The van der Waals surface area contributed by atoms with Crippen molar-refractivity contribution in [2.75, 3.05) is 31.8 Å². The van der Waals surface area contributed by atoms with Gasteiger partial charge < -0.3 is 24.4 Å². The van der Waals surface area contributed by atoms with Crippen molar-refractivity contribution < 1.29 is 23.8 Å². The van der Waals surface area contributed by atoms with E-state index in [0.29, 0.717) is 36.8 Å². The van der Waals surface area contributed by atoms with Gasteiger partial charge in [-0.1, -0.05) is 0 Å². The Bertz CT molecular complexity index is 866. The highest BCUT2D eigenvalue weighted by atomic mass is 16.5. The van der Waals surface area contributed by atoms with Gasteiger partial charge in [0.25, 0.3) is 5.91 Å². The summed E-state index contributed by atoms with van der Waals surface area (Å²) in [6.45, 7) is 5.17. The minimum absolute atomic E-state index is 0.0258. The van der Waals surface area contributed by atoms with Crippen LogP contribution in [0.5, 0.6) is 17.2 Å². The predicted molar refractivity (Wildman–Crippen MR) is 110 cm³/mol. The van der Waals surface area contributed by atoms with Gasteiger partial charge in [0.05, 0.1) is 26.4 Å². The molecular formula is C22H26N2O5. The summed E-state index contributed by atoms with van der Waals surface area (Å²) in [6, 6.07) is 12.1. The quantitative estimate of drug-likeness (QED) is 0.740. The van der Waals surface area contributed by atoms with Crippen molar-refractivity contribution in [3.05, 3.63) is 48.0 Å². The van der Waals surface area contributed by atoms with Gasteiger partial charge in [-0.15, -0.1) is 0 Å². The molecule has 0 saturated carbocycles. The molecule has 2 amide bonds. The Labute approximate surface area is 170 Å². The van der Waals surface area contributed by atoms with Crippen molar-refractivity contribution in [2.45, 2.75) is 26.3 Å². The number of anilines is 1. The molecular weight excluding hydrogens is 372 g/mol. The van der Waals surface area contributed by atoms with E-state index in [4.69, 9.17) is 14.2 Å². The first-order valence-electron chi connectivity index (χ1n) is 9.70. The van der Waals surface area contributed by atoms with E-state index in [-0.39, 0.29) is 24.3 Å². The molecule has 0 aromatic heterocycles. The molecule has 3 rings (SSSR count). The lowest BCUT2D eigenvalue weighted by atomic mass is 10.1. The number of nitrogens with zero attached hydrogens (tertiary/aromatic N) is 1. The van der Waals surface area contributed by atoms with Crippen LogP contribution in [0, 0.1) is 0 Å². The Morgan fingerprint density at radius 1 is 1.07 bits per heavy atom. The SMILES string of the molecule is CCOc1ccc(C(=O)NC2CC(=O)N(c3ccc(OC)cc3)C2)cc1OCC. The molecule has 0 radical (unpaired) electrons. The standard InChI is InChI=1S/C22H26N2O5/c1-4-28-19-11-6-15(12-20(19)29-5-2)22(26)23-16-13-21(25)24(14-16)17-7-9-18(27-3)10-8-17/h6-12,16H,4-5,13-14H2,1-3H3,(H,23,26). The summed E-state index contributed by atoms with van der Waals surface area (Å²) in [5, 5.41) is 2.95. The van der Waals surface area contributed by atoms with Crippen LogP contribution in [-0.2, 0) is 4.79 Å². The van der Waals surface area contributed by atoms with E-state index in [1.807, 2.05) is 38.1 Å². The summed E-state index contributed by atoms with van der Waals surface area (Å²) >= 11 is 0. The highest BCUT2D eigenvalue weighted by Crippen LogP contribution is 2.29. The summed E-state index contributed by atoms with van der Waals surface area (Å²) in [7, 11) is 1.60. The van der Waals surface area contributed by atoms with E-state index in [9.17, 15) is 9.59 Å². The van der Waals surface area contributed by atoms with Gasteiger partial charge in [0.15, 0.2) is 11.5 Å². The number of benzene rings is 2. The molecule has 1 N–H and O–H groups in total. The monoisotopic (exact) mass is 398 g/mol. The van der Waals surface area contributed by atoms with Crippen molar-refractivity contribution in [1.82, 2.24) is 5.32 Å². The number of hydrogen-bond acceptors (Lipinski definition) is 5. The smallest absolute Gasteiger partial charge is 0.251 e. The minimum Gasteiger partial charge on any atom is -0.497 e. The number of carbonyl (C=O) groups excluding carboxylic acids is 2. The summed E-state index contributed by atoms with van der Waals surface area (Å²) in [5.74, 6) is 1.59. The number of ether oxygens (including phenoxy) is 3. The van der Waals surface area contributed by atoms with Crippen molar-refractivity contribution in [3.63, 3.8) is 0 Å². The van der Waals surface area contributed by atoms with Crippen LogP contribution < -0.4 is 24.4 Å². The Balaban J connectivity index is 1.67. The van der Waals surface area contributed by atoms with Crippen LogP contribution in [-0.4, -0.2) is 44.7 Å². The molecule has 2 aromatic rings. The highest BCUT2D eigenvalue weighted by Gasteiger charge is 2.32. The topological polar surface area (TPSA) is 77.1 Å². The fraction of sp³-hybridized carbons (Fsp3) is 0.364. The fourth-order valence-corrected chi connectivity index (χ4v) is 3.28. The summed E-state index contributed by atoms with van der Waals surface area (Å²) in [6.07, 6.45) is 0.257. The second-order valence-electron chi connectivity index (χ2n) is 6.60. The maximum atomic E-state index is 12.7. The second kappa shape index (κ2) is 9.32. The van der Waals surface area contributed by atoms with E-state index < -0.39 is 0 Å². The molecule has 29 heavy (non-hydrogen) atoms. The number of hydrogen-bond donors (Lipinski definition) is 1. The van der Waals surface area contributed by atoms with Crippen molar-refractivity contribution in [3.8, 4) is 17.2 Å². The Kier molecular flexibility index (Phi) is 6.59. The van der Waals surface area contributed by atoms with Crippen LogP contribution in [0.15, 0.2) is 42.5 Å². The lowest BCUT2D eigenvalue weighted by Gasteiger charge is -2.18. The third-order valence-electron chi connectivity index (χ3n) is 4.65. The molecule has 0 spiro atoms. The molecule has 1 aliphatic rings. The molecule has 1 unspecified atom stereocenters. The molecule has 1 aliphatic heterocycles. The first kappa shape index (κ1) is 20.5. The molecule has 7 heteroatoms. The molecule has 7 nitrogen and oxygen atoms in total. The number of nitrogens with one attached hydrogen (secondary N) is 1. The predicted octanol–water partition coefficient (Wildman–Crippen LogP) is 3.03. The normalized spacial score (nSPS) is 15.9. The minimum atomic E-state index is -0.265. The number of amides is 2. The Morgan fingerprint density at radius 2 is 1.76 bits per heavy atom. The summed E-state index contributed by atoms with van der Waals surface area (Å²) in [5.41, 5.74) is 1.25. The van der Waals surface area contributed by atoms with Gasteiger partial charge in [-0.05, 0) is 56.3 Å². The van der Waals surface area contributed by atoms with Gasteiger partial charge in [-0.2, -0.15) is 0 Å². The second-order valence-corrected chi connectivity index (χ2v) is 6.60. The first-order chi connectivity index (χ1) is 14.0. The van der Waals surface area contributed by atoms with Gasteiger partial charge >= 0.3 is 0 Å². The van der Waals surface area contributed by atoms with E-state index in [1.54, 1.807) is 30.2 Å². The molecule has 0 bridgehead atoms. The number of carbonyl (C=O) groups is 2. The zero-order chi connectivity index (χ0) is 20.8.